The number of hydrogen-bond donors (Lipinski definition) is 5. The van der Waals surface area contributed by atoms with Gasteiger partial charge in [0.25, 0.3) is 0 Å². The van der Waals surface area contributed by atoms with E-state index in [4.69, 9.17) is 23.1 Å². The highest BCUT2D eigenvalue weighted by Gasteiger charge is 2.38. The van der Waals surface area contributed by atoms with Crippen LogP contribution in [0.5, 0.6) is 0 Å². The van der Waals surface area contributed by atoms with Crippen LogP contribution in [0, 0.1) is 0 Å². The molecule has 2 saturated heterocycles. The van der Waals surface area contributed by atoms with Crippen LogP contribution in [0.3, 0.4) is 0 Å². The lowest BCUT2D eigenvalue weighted by Crippen LogP contribution is -2.53. The first kappa shape index (κ1) is 34.3. The van der Waals surface area contributed by atoms with Gasteiger partial charge in [-0.15, -0.1) is 0 Å². The predicted molar refractivity (Wildman–Crippen MR) is 171 cm³/mol. The number of nitrogens with two attached hydrogens (primary N) is 2. The number of rotatable bonds is 14. The van der Waals surface area contributed by atoms with Gasteiger partial charge in [-0.1, -0.05) is 48.0 Å². The molecule has 0 aromatic heterocycles. The minimum Gasteiger partial charge on any atom is -0.378 e. The molecule has 1 unspecified atom stereocenters. The number of nitrogens with one attached hydrogen (secondary N) is 2. The Hall–Kier alpha value is -2.58. The van der Waals surface area contributed by atoms with Crippen molar-refractivity contribution in [2.75, 3.05) is 19.6 Å². The first-order valence-corrected chi connectivity index (χ1v) is 17.4. The maximum absolute atomic E-state index is 13.9. The lowest BCUT2D eigenvalue weighted by Gasteiger charge is -2.34. The summed E-state index contributed by atoms with van der Waals surface area (Å²) in [5.74, 6) is -1.03. The molecular formula is C31H45ClN6O5S. The van der Waals surface area contributed by atoms with Crippen molar-refractivity contribution in [2.45, 2.75) is 88.1 Å². The van der Waals surface area contributed by atoms with E-state index >= 15 is 0 Å². The maximum Gasteiger partial charge on any atom is 0.243 e. The molecule has 7 N–H and O–H groups in total. The fourth-order valence-electron chi connectivity index (χ4n) is 5.95. The van der Waals surface area contributed by atoms with E-state index in [1.54, 1.807) is 42.5 Å². The summed E-state index contributed by atoms with van der Waals surface area (Å²) in [7, 11) is -3.89. The number of sulfonamides is 1. The number of aliphatic hydroxyl groups excluding tert-OH is 1. The Bertz CT molecular complexity index is 1360. The third kappa shape index (κ3) is 9.71. The summed E-state index contributed by atoms with van der Waals surface area (Å²) in [6, 6.07) is 12.4. The molecule has 2 aromatic carbocycles. The van der Waals surface area contributed by atoms with Crippen molar-refractivity contribution in [3.05, 3.63) is 70.2 Å². The second-order valence-corrected chi connectivity index (χ2v) is 13.9. The van der Waals surface area contributed by atoms with Crippen molar-refractivity contribution in [1.29, 1.82) is 0 Å². The number of nitrogens with zero attached hydrogens (tertiary/aromatic N) is 2. The Morgan fingerprint density at radius 2 is 1.75 bits per heavy atom. The van der Waals surface area contributed by atoms with Gasteiger partial charge < -0.3 is 26.8 Å². The van der Waals surface area contributed by atoms with E-state index < -0.39 is 34.2 Å². The molecule has 2 aromatic rings. The van der Waals surface area contributed by atoms with Crippen LogP contribution in [0.25, 0.3) is 0 Å². The zero-order valence-corrected chi connectivity index (χ0v) is 26.6. The molecule has 0 spiro atoms. The summed E-state index contributed by atoms with van der Waals surface area (Å²) in [5.41, 5.74) is 14.1. The van der Waals surface area contributed by atoms with E-state index in [0.717, 1.165) is 24.0 Å². The largest absolute Gasteiger partial charge is 0.378 e. The zero-order valence-electron chi connectivity index (χ0n) is 25.0. The normalized spacial score (nSPS) is 19.5. The molecule has 11 nitrogen and oxygen atoms in total. The van der Waals surface area contributed by atoms with Gasteiger partial charge in [-0.2, -0.15) is 0 Å². The molecule has 2 amide bonds. The van der Waals surface area contributed by atoms with Gasteiger partial charge in [0.1, 0.15) is 18.3 Å². The Balaban J connectivity index is 1.43. The minimum absolute atomic E-state index is 0.137. The maximum atomic E-state index is 13.9. The molecule has 2 heterocycles. The molecule has 0 saturated carbocycles. The van der Waals surface area contributed by atoms with Gasteiger partial charge in [-0.05, 0) is 73.8 Å². The van der Waals surface area contributed by atoms with E-state index in [-0.39, 0.29) is 30.7 Å². The zero-order chi connectivity index (χ0) is 31.7. The van der Waals surface area contributed by atoms with Gasteiger partial charge in [0, 0.05) is 43.8 Å². The van der Waals surface area contributed by atoms with Crippen molar-refractivity contribution >= 4 is 33.4 Å². The Kier molecular flexibility index (Phi) is 12.6. The first-order chi connectivity index (χ1) is 21.1. The van der Waals surface area contributed by atoms with Crippen LogP contribution in [0.2, 0.25) is 5.02 Å². The van der Waals surface area contributed by atoms with Crippen LogP contribution in [0.1, 0.15) is 61.6 Å². The Morgan fingerprint density at radius 1 is 1.02 bits per heavy atom. The number of aliphatic hydroxyl groups is 1. The Labute approximate surface area is 265 Å². The molecule has 13 heteroatoms. The Morgan fingerprint density at radius 3 is 2.45 bits per heavy atom. The predicted octanol–water partition coefficient (Wildman–Crippen LogP) is 1.81. The van der Waals surface area contributed by atoms with Crippen LogP contribution >= 0.6 is 11.6 Å². The van der Waals surface area contributed by atoms with Gasteiger partial charge in [0.15, 0.2) is 0 Å². The van der Waals surface area contributed by atoms with Crippen LogP contribution < -0.4 is 21.5 Å². The van der Waals surface area contributed by atoms with Crippen molar-refractivity contribution in [1.82, 2.24) is 19.8 Å². The lowest BCUT2D eigenvalue weighted by molar-refractivity contribution is -0.140. The molecule has 4 rings (SSSR count). The summed E-state index contributed by atoms with van der Waals surface area (Å²) in [6.07, 6.45) is 2.98. The summed E-state index contributed by atoms with van der Waals surface area (Å²) in [5, 5.41) is 14.2. The molecule has 0 aliphatic carbocycles. The van der Waals surface area contributed by atoms with Crippen molar-refractivity contribution in [2.24, 2.45) is 11.5 Å². The first-order valence-electron chi connectivity index (χ1n) is 15.3. The molecule has 2 fully saturated rings. The average Bonchev–Trinajstić information content (AvgIpc) is 3.50. The van der Waals surface area contributed by atoms with E-state index in [9.17, 15) is 23.1 Å². The quantitative estimate of drug-likeness (QED) is 0.206. The highest BCUT2D eigenvalue weighted by atomic mass is 35.5. The van der Waals surface area contributed by atoms with Gasteiger partial charge in [0.2, 0.25) is 21.8 Å². The topological polar surface area (TPSA) is 171 Å². The van der Waals surface area contributed by atoms with E-state index in [1.807, 2.05) is 11.0 Å². The second kappa shape index (κ2) is 16.1. The molecule has 0 radical (unpaired) electrons. The molecule has 3 atom stereocenters. The molecule has 2 aliphatic rings. The number of hydrogen-bond acceptors (Lipinski definition) is 8. The molecule has 242 valence electrons. The fourth-order valence-corrected chi connectivity index (χ4v) is 7.51. The van der Waals surface area contributed by atoms with E-state index in [0.29, 0.717) is 62.4 Å². The van der Waals surface area contributed by atoms with Crippen molar-refractivity contribution in [3.63, 3.8) is 0 Å². The van der Waals surface area contributed by atoms with Crippen LogP contribution in [0.4, 0.5) is 0 Å². The average molecular weight is 649 g/mol. The molecule has 44 heavy (non-hydrogen) atoms. The van der Waals surface area contributed by atoms with Gasteiger partial charge >= 0.3 is 0 Å². The van der Waals surface area contributed by atoms with Crippen molar-refractivity contribution < 1.29 is 23.1 Å². The number of carbonyl (C=O) groups is 2. The summed E-state index contributed by atoms with van der Waals surface area (Å²) in [4.78, 5) is 30.7. The monoisotopic (exact) mass is 648 g/mol. The summed E-state index contributed by atoms with van der Waals surface area (Å²) in [6.45, 7) is 2.23. The summed E-state index contributed by atoms with van der Waals surface area (Å²) >= 11 is 6.14. The molecular weight excluding hydrogens is 604 g/mol. The van der Waals surface area contributed by atoms with Crippen LogP contribution in [-0.2, 0) is 38.5 Å². The third-order valence-corrected chi connectivity index (χ3v) is 10.0. The highest BCUT2D eigenvalue weighted by Crippen LogP contribution is 2.23. The highest BCUT2D eigenvalue weighted by molar-refractivity contribution is 7.88. The van der Waals surface area contributed by atoms with E-state index in [1.165, 1.54) is 4.90 Å². The number of amides is 2. The number of benzene rings is 2. The van der Waals surface area contributed by atoms with Crippen LogP contribution in [-0.4, -0.2) is 79.1 Å². The number of carbonyl (C=O) groups excluding carboxylic acids is 2. The van der Waals surface area contributed by atoms with E-state index in [2.05, 4.69) is 10.0 Å². The van der Waals surface area contributed by atoms with Gasteiger partial charge in [-0.3, -0.25) is 14.5 Å². The fraction of sp³-hybridized carbons (Fsp3) is 0.548. The second-order valence-electron chi connectivity index (χ2n) is 11.7. The standard InChI is InChI=1S/C31H45ClN6O5S/c32-25-12-11-23(19-33)24(18-25)20-35-30(40)28-9-5-15-38(28)31(41)27(36-44(42,43)21-22-6-2-1-3-7-22)8-4-10-29(39)37-16-13-26(34)14-17-37/h1-3,6-7,11-12,18,26-29,36,39H,4-5,8-10,13-17,19-21,33-34H2,(H,35,40)/t27-,28+,29?/m1/s1. The number of piperidine rings is 1. The lowest BCUT2D eigenvalue weighted by atomic mass is 10.0. The van der Waals surface area contributed by atoms with Crippen LogP contribution in [0.15, 0.2) is 48.5 Å². The van der Waals surface area contributed by atoms with Gasteiger partial charge in [-0.25, -0.2) is 13.1 Å². The van der Waals surface area contributed by atoms with Crippen molar-refractivity contribution in [3.8, 4) is 0 Å². The SMILES string of the molecule is NCc1ccc(Cl)cc1CNC(=O)[C@@H]1CCCN1C(=O)[C@@H](CCCC(O)N1CCC(N)CC1)NS(=O)(=O)Cc1ccccc1. The number of likely N-dealkylation sites (tertiary alicyclic amines) is 2. The van der Waals surface area contributed by atoms with Gasteiger partial charge in [0.05, 0.1) is 5.75 Å². The molecule has 2 aliphatic heterocycles. The molecule has 0 bridgehead atoms. The minimum atomic E-state index is -3.89. The summed E-state index contributed by atoms with van der Waals surface area (Å²) < 4.78 is 29.1. The smallest absolute Gasteiger partial charge is 0.243 e. The number of halogens is 1. The third-order valence-electron chi connectivity index (χ3n) is 8.45.